The van der Waals surface area contributed by atoms with Crippen LogP contribution in [-0.4, -0.2) is 35.7 Å². The summed E-state index contributed by atoms with van der Waals surface area (Å²) < 4.78 is 13.3. The molecule has 2 aliphatic heterocycles. The Morgan fingerprint density at radius 1 is 0.900 bits per heavy atom. The van der Waals surface area contributed by atoms with Crippen molar-refractivity contribution < 1.29 is 19.4 Å². The molecule has 6 nitrogen and oxygen atoms in total. The van der Waals surface area contributed by atoms with Gasteiger partial charge in [-0.3, -0.25) is 4.79 Å². The number of para-hydroxylation sites is 1. The first-order valence-corrected chi connectivity index (χ1v) is 14.2. The SMILES string of the molecule is O=C1N(Cc2ccccc2)c2ccccc2[C@H]2OC(c3ccc(OCCCO)cc3)=N[C@@]12Cc1ccc(Br)cc1. The molecule has 0 spiro atoms. The van der Waals surface area contributed by atoms with E-state index < -0.39 is 11.6 Å². The maximum absolute atomic E-state index is 14.6. The lowest BCUT2D eigenvalue weighted by Gasteiger charge is -2.42. The normalized spacial score (nSPS) is 19.4. The Kier molecular flexibility index (Phi) is 7.41. The zero-order valence-electron chi connectivity index (χ0n) is 21.9. The minimum Gasteiger partial charge on any atom is -0.494 e. The molecule has 0 aliphatic carbocycles. The molecule has 0 bridgehead atoms. The van der Waals surface area contributed by atoms with Crippen molar-refractivity contribution in [2.24, 2.45) is 4.99 Å². The highest BCUT2D eigenvalue weighted by Gasteiger charge is 2.58. The fraction of sp³-hybridized carbons (Fsp3) is 0.212. The molecule has 0 unspecified atom stereocenters. The van der Waals surface area contributed by atoms with Crippen LogP contribution < -0.4 is 9.64 Å². The van der Waals surface area contributed by atoms with Crippen molar-refractivity contribution in [3.63, 3.8) is 0 Å². The highest BCUT2D eigenvalue weighted by atomic mass is 79.9. The van der Waals surface area contributed by atoms with Gasteiger partial charge >= 0.3 is 0 Å². The zero-order valence-corrected chi connectivity index (χ0v) is 23.5. The third kappa shape index (κ3) is 5.03. The molecule has 202 valence electrons. The monoisotopic (exact) mass is 596 g/mol. The second-order valence-electron chi connectivity index (χ2n) is 10.0. The van der Waals surface area contributed by atoms with Gasteiger partial charge in [0.15, 0.2) is 11.6 Å². The fourth-order valence-electron chi connectivity index (χ4n) is 5.38. The topological polar surface area (TPSA) is 71.4 Å². The maximum atomic E-state index is 14.6. The number of benzene rings is 4. The van der Waals surface area contributed by atoms with E-state index in [-0.39, 0.29) is 12.5 Å². The third-order valence-electron chi connectivity index (χ3n) is 7.33. The second-order valence-corrected chi connectivity index (χ2v) is 10.9. The molecule has 0 radical (unpaired) electrons. The largest absolute Gasteiger partial charge is 0.494 e. The van der Waals surface area contributed by atoms with Crippen molar-refractivity contribution in [1.29, 1.82) is 0 Å². The van der Waals surface area contributed by atoms with Crippen LogP contribution in [0.15, 0.2) is 113 Å². The minimum absolute atomic E-state index is 0.0815. The Morgan fingerprint density at radius 3 is 2.38 bits per heavy atom. The standard InChI is InChI=1S/C33H29BrN2O4/c34-26-15-11-23(12-16-26)21-33-30(40-31(35-33)25-13-17-27(18-14-25)39-20-6-19-37)28-9-4-5-10-29(28)36(32(33)38)22-24-7-2-1-3-8-24/h1-5,7-18,30,37H,6,19-22H2/t30-,33-/m1/s1. The zero-order chi connectivity index (χ0) is 27.5. The number of nitrogens with zero attached hydrogens (tertiary/aromatic N) is 2. The number of rotatable bonds is 9. The second kappa shape index (κ2) is 11.3. The van der Waals surface area contributed by atoms with Crippen molar-refractivity contribution in [3.05, 3.63) is 130 Å². The number of carbonyl (C=O) groups excluding carboxylic acids is 1. The average molecular weight is 598 g/mol. The van der Waals surface area contributed by atoms with E-state index in [0.29, 0.717) is 37.6 Å². The van der Waals surface area contributed by atoms with E-state index in [2.05, 4.69) is 15.9 Å². The Labute approximate surface area is 242 Å². The molecule has 4 aromatic rings. The molecular formula is C33H29BrN2O4. The van der Waals surface area contributed by atoms with Gasteiger partial charge in [-0.1, -0.05) is 76.6 Å². The van der Waals surface area contributed by atoms with Crippen LogP contribution in [0.4, 0.5) is 5.69 Å². The van der Waals surface area contributed by atoms with Gasteiger partial charge in [0.05, 0.1) is 18.8 Å². The van der Waals surface area contributed by atoms with Crippen molar-refractivity contribution >= 4 is 33.4 Å². The molecule has 2 heterocycles. The lowest BCUT2D eigenvalue weighted by atomic mass is 9.78. The van der Waals surface area contributed by atoms with Crippen LogP contribution in [0.1, 0.15) is 34.8 Å². The number of hydrogen-bond donors (Lipinski definition) is 1. The van der Waals surface area contributed by atoms with E-state index in [1.54, 1.807) is 0 Å². The van der Waals surface area contributed by atoms with Crippen LogP contribution in [0.2, 0.25) is 0 Å². The van der Waals surface area contributed by atoms with Crippen LogP contribution in [0.25, 0.3) is 0 Å². The van der Waals surface area contributed by atoms with Crippen LogP contribution in [0, 0.1) is 0 Å². The van der Waals surface area contributed by atoms with Crippen molar-refractivity contribution in [1.82, 2.24) is 0 Å². The van der Waals surface area contributed by atoms with Crippen LogP contribution in [0.3, 0.4) is 0 Å². The van der Waals surface area contributed by atoms with E-state index in [0.717, 1.165) is 32.4 Å². The molecular weight excluding hydrogens is 568 g/mol. The van der Waals surface area contributed by atoms with E-state index in [1.165, 1.54) is 0 Å². The molecule has 0 aromatic heterocycles. The Hall–Kier alpha value is -3.94. The summed E-state index contributed by atoms with van der Waals surface area (Å²) in [7, 11) is 0. The van der Waals surface area contributed by atoms with Crippen molar-refractivity contribution in [3.8, 4) is 5.75 Å². The minimum atomic E-state index is -1.16. The lowest BCUT2D eigenvalue weighted by Crippen LogP contribution is -2.55. The van der Waals surface area contributed by atoms with Gasteiger partial charge in [0, 0.05) is 35.0 Å². The quantitative estimate of drug-likeness (QED) is 0.232. The van der Waals surface area contributed by atoms with Crippen molar-refractivity contribution in [2.75, 3.05) is 18.1 Å². The van der Waals surface area contributed by atoms with Gasteiger partial charge in [0.25, 0.3) is 5.91 Å². The predicted octanol–water partition coefficient (Wildman–Crippen LogP) is 6.26. The van der Waals surface area contributed by atoms with E-state index >= 15 is 0 Å². The summed E-state index contributed by atoms with van der Waals surface area (Å²) in [6.45, 7) is 0.964. The summed E-state index contributed by atoms with van der Waals surface area (Å²) in [5.74, 6) is 1.06. The Bertz CT molecular complexity index is 1520. The number of aliphatic imine (C=N–C) groups is 1. The van der Waals surface area contributed by atoms with Gasteiger partial charge in [0.2, 0.25) is 5.90 Å². The molecule has 0 saturated carbocycles. The highest BCUT2D eigenvalue weighted by molar-refractivity contribution is 9.10. The number of hydrogen-bond acceptors (Lipinski definition) is 5. The number of ether oxygens (including phenoxy) is 2. The molecule has 7 heteroatoms. The van der Waals surface area contributed by atoms with Gasteiger partial charge < -0.3 is 19.5 Å². The summed E-state index contributed by atoms with van der Waals surface area (Å²) >= 11 is 3.52. The first kappa shape index (κ1) is 26.3. The van der Waals surface area contributed by atoms with Gasteiger partial charge in [-0.05, 0) is 53.6 Å². The molecule has 1 N–H and O–H groups in total. The van der Waals surface area contributed by atoms with Crippen molar-refractivity contribution in [2.45, 2.75) is 31.0 Å². The number of carbonyl (C=O) groups is 1. The summed E-state index contributed by atoms with van der Waals surface area (Å²) in [4.78, 5) is 21.6. The van der Waals surface area contributed by atoms with Crippen LogP contribution >= 0.6 is 15.9 Å². The van der Waals surface area contributed by atoms with Gasteiger partial charge in [-0.25, -0.2) is 4.99 Å². The summed E-state index contributed by atoms with van der Waals surface area (Å²) in [5.41, 5.74) is 3.45. The molecule has 4 aromatic carbocycles. The number of anilines is 1. The van der Waals surface area contributed by atoms with Gasteiger partial charge in [0.1, 0.15) is 5.75 Å². The molecule has 0 fully saturated rings. The Morgan fingerprint density at radius 2 is 1.62 bits per heavy atom. The van der Waals surface area contributed by atoms with Gasteiger partial charge in [-0.2, -0.15) is 0 Å². The van der Waals surface area contributed by atoms with E-state index in [9.17, 15) is 4.79 Å². The number of aliphatic hydroxyl groups is 1. The number of halogens is 1. The molecule has 2 atom stereocenters. The summed E-state index contributed by atoms with van der Waals surface area (Å²) in [6.07, 6.45) is 0.399. The first-order valence-electron chi connectivity index (χ1n) is 13.4. The first-order chi connectivity index (χ1) is 19.6. The lowest BCUT2D eigenvalue weighted by molar-refractivity contribution is -0.127. The smallest absolute Gasteiger partial charge is 0.259 e. The molecule has 40 heavy (non-hydrogen) atoms. The molecule has 6 rings (SSSR count). The van der Waals surface area contributed by atoms with Crippen LogP contribution in [-0.2, 0) is 22.5 Å². The number of aliphatic hydroxyl groups excluding tert-OH is 1. The Balaban J connectivity index is 1.43. The van der Waals surface area contributed by atoms with E-state index in [1.807, 2.05) is 108 Å². The third-order valence-corrected chi connectivity index (χ3v) is 7.86. The average Bonchev–Trinajstić information content (AvgIpc) is 3.38. The number of amides is 1. The number of fused-ring (bicyclic) bond motifs is 3. The van der Waals surface area contributed by atoms with Crippen LogP contribution in [0.5, 0.6) is 5.75 Å². The van der Waals surface area contributed by atoms with Gasteiger partial charge in [-0.15, -0.1) is 0 Å². The summed E-state index contributed by atoms with van der Waals surface area (Å²) in [6, 6.07) is 33.5. The highest BCUT2D eigenvalue weighted by Crippen LogP contribution is 2.50. The maximum Gasteiger partial charge on any atom is 0.259 e. The van der Waals surface area contributed by atoms with E-state index in [4.69, 9.17) is 19.6 Å². The predicted molar refractivity (Wildman–Crippen MR) is 159 cm³/mol. The molecule has 2 aliphatic rings. The molecule has 1 amide bonds. The summed E-state index contributed by atoms with van der Waals surface area (Å²) in [5, 5.41) is 9.02. The molecule has 0 saturated heterocycles. The fourth-order valence-corrected chi connectivity index (χ4v) is 5.64.